The summed E-state index contributed by atoms with van der Waals surface area (Å²) in [5.74, 6) is 0.953. The number of ketones is 1. The van der Waals surface area contributed by atoms with Crippen LogP contribution in [0.5, 0.6) is 0 Å². The van der Waals surface area contributed by atoms with Gasteiger partial charge in [-0.1, -0.05) is 32.1 Å². The number of Topliss-reactive ketones (excluding diaryl/α,β-unsaturated/α-hetero) is 1. The number of hydrogen-bond donors (Lipinski definition) is 2. The Kier molecular flexibility index (Phi) is 5.05. The molecule has 2 aliphatic carbocycles. The predicted molar refractivity (Wildman–Crippen MR) is 83.7 cm³/mol. The van der Waals surface area contributed by atoms with Crippen molar-refractivity contribution in [1.29, 1.82) is 0 Å². The number of carbonyl (C=O) groups excluding carboxylic acids is 1. The second kappa shape index (κ2) is 6.45. The normalized spacial score (nSPS) is 34.4. The van der Waals surface area contributed by atoms with Gasteiger partial charge in [0.05, 0.1) is 12.2 Å². The number of carbonyl (C=O) groups is 1. The Labute approximate surface area is 127 Å². The zero-order chi connectivity index (χ0) is 15.6. The Bertz CT molecular complexity index is 424. The van der Waals surface area contributed by atoms with Gasteiger partial charge in [0.1, 0.15) is 5.78 Å². The summed E-state index contributed by atoms with van der Waals surface area (Å²) >= 11 is 0. The van der Waals surface area contributed by atoms with Crippen LogP contribution < -0.4 is 0 Å². The molecule has 0 bridgehead atoms. The first-order chi connectivity index (χ1) is 9.85. The Morgan fingerprint density at radius 2 is 2.14 bits per heavy atom. The summed E-state index contributed by atoms with van der Waals surface area (Å²) in [6.07, 6.45) is 8.43. The minimum atomic E-state index is -0.541. The Hall–Kier alpha value is -0.930. The second-order valence-electron chi connectivity index (χ2n) is 7.40. The lowest BCUT2D eigenvalue weighted by Crippen LogP contribution is -2.28. The van der Waals surface area contributed by atoms with Gasteiger partial charge in [0.15, 0.2) is 0 Å². The first kappa shape index (κ1) is 16.4. The maximum absolute atomic E-state index is 11.6. The highest BCUT2D eigenvalue weighted by atomic mass is 16.3. The van der Waals surface area contributed by atoms with Crippen molar-refractivity contribution in [3.8, 4) is 0 Å². The lowest BCUT2D eigenvalue weighted by atomic mass is 9.81. The van der Waals surface area contributed by atoms with E-state index < -0.39 is 6.10 Å². The van der Waals surface area contributed by atoms with Crippen molar-refractivity contribution >= 4 is 5.78 Å². The topological polar surface area (TPSA) is 57.5 Å². The van der Waals surface area contributed by atoms with Crippen LogP contribution in [0.4, 0.5) is 0 Å². The highest BCUT2D eigenvalue weighted by Gasteiger charge is 2.46. The van der Waals surface area contributed by atoms with E-state index in [1.165, 1.54) is 0 Å². The van der Waals surface area contributed by atoms with Gasteiger partial charge in [0.2, 0.25) is 0 Å². The van der Waals surface area contributed by atoms with E-state index in [0.717, 1.165) is 19.3 Å². The third kappa shape index (κ3) is 3.64. The Morgan fingerprint density at radius 3 is 2.81 bits per heavy atom. The molecule has 0 amide bonds. The summed E-state index contributed by atoms with van der Waals surface area (Å²) in [4.78, 5) is 11.6. The molecule has 0 aliphatic heterocycles. The van der Waals surface area contributed by atoms with Gasteiger partial charge in [0, 0.05) is 18.8 Å². The molecule has 5 unspecified atom stereocenters. The minimum Gasteiger partial charge on any atom is -0.392 e. The molecule has 2 saturated carbocycles. The maximum atomic E-state index is 11.6. The van der Waals surface area contributed by atoms with Crippen LogP contribution >= 0.6 is 0 Å². The molecule has 3 nitrogen and oxygen atoms in total. The minimum absolute atomic E-state index is 0.0197. The second-order valence-corrected chi connectivity index (χ2v) is 7.40. The SMILES string of the molecule is C=CCCC(C)(C)C(O)/C=C\C1C(O)CC2CC(=O)CC21. The van der Waals surface area contributed by atoms with Gasteiger partial charge in [-0.2, -0.15) is 0 Å². The van der Waals surface area contributed by atoms with Crippen LogP contribution in [0.1, 0.15) is 46.0 Å². The molecule has 3 heteroatoms. The Balaban J connectivity index is 1.99. The fourth-order valence-electron chi connectivity index (χ4n) is 3.80. The van der Waals surface area contributed by atoms with E-state index in [-0.39, 0.29) is 23.4 Å². The standard InChI is InChI=1S/C18H28O3/c1-4-5-8-18(2,3)17(21)7-6-14-15-11-13(19)9-12(15)10-16(14)20/h4,6-7,12,14-17,20-21H,1,5,8-11H2,2-3H3/b7-6-. The van der Waals surface area contributed by atoms with Crippen LogP contribution in [-0.4, -0.2) is 28.2 Å². The largest absolute Gasteiger partial charge is 0.392 e. The van der Waals surface area contributed by atoms with Crippen LogP contribution in [0.15, 0.2) is 24.8 Å². The molecule has 0 spiro atoms. The fraction of sp³-hybridized carbons (Fsp3) is 0.722. The molecule has 0 aromatic rings. The van der Waals surface area contributed by atoms with Gasteiger partial charge in [-0.05, 0) is 36.5 Å². The molecule has 0 aromatic heterocycles. The van der Waals surface area contributed by atoms with Gasteiger partial charge in [-0.3, -0.25) is 4.79 Å². The molecule has 118 valence electrons. The van der Waals surface area contributed by atoms with Crippen molar-refractivity contribution < 1.29 is 15.0 Å². The molecule has 2 rings (SSSR count). The molecule has 0 aromatic carbocycles. The third-order valence-electron chi connectivity index (χ3n) is 5.35. The average molecular weight is 292 g/mol. The third-order valence-corrected chi connectivity index (χ3v) is 5.35. The highest BCUT2D eigenvalue weighted by Crippen LogP contribution is 2.47. The summed E-state index contributed by atoms with van der Waals surface area (Å²) in [7, 11) is 0. The molecule has 5 atom stereocenters. The molecule has 0 heterocycles. The number of allylic oxidation sites excluding steroid dienone is 1. The van der Waals surface area contributed by atoms with Crippen molar-refractivity contribution in [2.45, 2.75) is 58.2 Å². The van der Waals surface area contributed by atoms with E-state index in [1.54, 1.807) is 0 Å². The van der Waals surface area contributed by atoms with Crippen LogP contribution in [0, 0.1) is 23.2 Å². The zero-order valence-corrected chi connectivity index (χ0v) is 13.2. The predicted octanol–water partition coefficient (Wildman–Crippen LogP) is 2.87. The molecular weight excluding hydrogens is 264 g/mol. The monoisotopic (exact) mass is 292 g/mol. The van der Waals surface area contributed by atoms with Crippen LogP contribution in [0.2, 0.25) is 0 Å². The fourth-order valence-corrected chi connectivity index (χ4v) is 3.80. The number of aliphatic hydroxyl groups excluding tert-OH is 2. The van der Waals surface area contributed by atoms with Crippen LogP contribution in [-0.2, 0) is 4.79 Å². The quantitative estimate of drug-likeness (QED) is 0.740. The van der Waals surface area contributed by atoms with Gasteiger partial charge >= 0.3 is 0 Å². The van der Waals surface area contributed by atoms with Gasteiger partial charge in [0.25, 0.3) is 0 Å². The van der Waals surface area contributed by atoms with Crippen molar-refractivity contribution in [3.63, 3.8) is 0 Å². The Morgan fingerprint density at radius 1 is 1.43 bits per heavy atom. The first-order valence-corrected chi connectivity index (χ1v) is 8.02. The maximum Gasteiger partial charge on any atom is 0.133 e. The number of fused-ring (bicyclic) bond motifs is 1. The van der Waals surface area contributed by atoms with Crippen LogP contribution in [0.3, 0.4) is 0 Å². The first-order valence-electron chi connectivity index (χ1n) is 8.02. The molecule has 0 saturated heterocycles. The van der Waals surface area contributed by atoms with E-state index >= 15 is 0 Å². The lowest BCUT2D eigenvalue weighted by molar-refractivity contribution is -0.118. The van der Waals surface area contributed by atoms with Crippen molar-refractivity contribution in [2.75, 3.05) is 0 Å². The van der Waals surface area contributed by atoms with Crippen molar-refractivity contribution in [3.05, 3.63) is 24.8 Å². The van der Waals surface area contributed by atoms with E-state index in [2.05, 4.69) is 6.58 Å². The molecule has 2 fully saturated rings. The molecule has 0 radical (unpaired) electrons. The summed E-state index contributed by atoms with van der Waals surface area (Å²) in [5.41, 5.74) is -0.209. The van der Waals surface area contributed by atoms with E-state index in [4.69, 9.17) is 0 Å². The van der Waals surface area contributed by atoms with E-state index in [1.807, 2.05) is 32.1 Å². The van der Waals surface area contributed by atoms with Gasteiger partial charge in [-0.25, -0.2) is 0 Å². The van der Waals surface area contributed by atoms with Crippen molar-refractivity contribution in [1.82, 2.24) is 0 Å². The highest BCUT2D eigenvalue weighted by molar-refractivity contribution is 5.81. The summed E-state index contributed by atoms with van der Waals surface area (Å²) < 4.78 is 0. The van der Waals surface area contributed by atoms with Crippen molar-refractivity contribution in [2.24, 2.45) is 23.2 Å². The summed E-state index contributed by atoms with van der Waals surface area (Å²) in [6, 6.07) is 0. The van der Waals surface area contributed by atoms with Gasteiger partial charge < -0.3 is 10.2 Å². The zero-order valence-electron chi connectivity index (χ0n) is 13.2. The number of rotatable bonds is 6. The lowest BCUT2D eigenvalue weighted by Gasteiger charge is -2.28. The molecular formula is C18H28O3. The summed E-state index contributed by atoms with van der Waals surface area (Å²) in [5, 5.41) is 20.6. The summed E-state index contributed by atoms with van der Waals surface area (Å²) in [6.45, 7) is 7.80. The number of aliphatic hydroxyl groups is 2. The van der Waals surface area contributed by atoms with E-state index in [0.29, 0.717) is 24.5 Å². The average Bonchev–Trinajstić information content (AvgIpc) is 2.89. The number of hydrogen-bond acceptors (Lipinski definition) is 3. The molecule has 2 N–H and O–H groups in total. The molecule has 21 heavy (non-hydrogen) atoms. The smallest absolute Gasteiger partial charge is 0.133 e. The molecule has 2 aliphatic rings. The van der Waals surface area contributed by atoms with Gasteiger partial charge in [-0.15, -0.1) is 6.58 Å². The van der Waals surface area contributed by atoms with Crippen LogP contribution in [0.25, 0.3) is 0 Å². The van der Waals surface area contributed by atoms with E-state index in [9.17, 15) is 15.0 Å².